The summed E-state index contributed by atoms with van der Waals surface area (Å²) >= 11 is 0. The van der Waals surface area contributed by atoms with E-state index in [1.54, 1.807) is 0 Å². The van der Waals surface area contributed by atoms with Gasteiger partial charge in [-0.25, -0.2) is 0 Å². The van der Waals surface area contributed by atoms with Crippen LogP contribution in [0.5, 0.6) is 0 Å². The Kier molecular flexibility index (Phi) is 5.98. The minimum atomic E-state index is -0.328. The smallest absolute Gasteiger partial charge is 0.0636 e. The van der Waals surface area contributed by atoms with Crippen molar-refractivity contribution in [3.05, 3.63) is 35.4 Å². The van der Waals surface area contributed by atoms with Gasteiger partial charge in [0.25, 0.3) is 0 Å². The molecule has 1 saturated heterocycles. The summed E-state index contributed by atoms with van der Waals surface area (Å²) in [7, 11) is 0. The lowest BCUT2D eigenvalue weighted by molar-refractivity contribution is 0.0327. The maximum atomic E-state index is 9.53. The lowest BCUT2D eigenvalue weighted by Crippen LogP contribution is -2.43. The van der Waals surface area contributed by atoms with Gasteiger partial charge in [-0.15, -0.1) is 0 Å². The van der Waals surface area contributed by atoms with Gasteiger partial charge in [-0.1, -0.05) is 24.3 Å². The Bertz CT molecular complexity index is 403. The highest BCUT2D eigenvalue weighted by molar-refractivity contribution is 5.29. The third kappa shape index (κ3) is 4.56. The number of morpholine rings is 1. The van der Waals surface area contributed by atoms with Crippen molar-refractivity contribution in [3.63, 3.8) is 0 Å². The van der Waals surface area contributed by atoms with Gasteiger partial charge in [0.15, 0.2) is 0 Å². The van der Waals surface area contributed by atoms with Crippen LogP contribution in [0.1, 0.15) is 24.1 Å². The first-order valence-corrected chi connectivity index (χ1v) is 7.44. The standard InChI is InChI=1S/C16H26N2O2/c1-13-5-3-4-6-15(13)16(17-11-14(2)19)12-18-7-9-20-10-8-18/h3-6,14,16-17,19H,7-12H2,1-2H3/t14-,16+/m1/s1. The number of aliphatic hydroxyl groups excluding tert-OH is 1. The van der Waals surface area contributed by atoms with Crippen molar-refractivity contribution in [2.24, 2.45) is 0 Å². The number of hydrogen-bond acceptors (Lipinski definition) is 4. The van der Waals surface area contributed by atoms with Crippen molar-refractivity contribution in [2.75, 3.05) is 39.4 Å². The van der Waals surface area contributed by atoms with E-state index in [9.17, 15) is 5.11 Å². The molecule has 1 heterocycles. The molecule has 20 heavy (non-hydrogen) atoms. The third-order valence-electron chi connectivity index (χ3n) is 3.77. The number of nitrogens with zero attached hydrogens (tertiary/aromatic N) is 1. The summed E-state index contributed by atoms with van der Waals surface area (Å²) in [4.78, 5) is 2.43. The van der Waals surface area contributed by atoms with Crippen molar-refractivity contribution in [1.82, 2.24) is 10.2 Å². The number of nitrogens with one attached hydrogen (secondary N) is 1. The van der Waals surface area contributed by atoms with Gasteiger partial charge in [0.1, 0.15) is 0 Å². The van der Waals surface area contributed by atoms with E-state index in [4.69, 9.17) is 4.74 Å². The molecule has 1 aliphatic heterocycles. The quantitative estimate of drug-likeness (QED) is 0.824. The van der Waals surface area contributed by atoms with Crippen LogP contribution in [0.15, 0.2) is 24.3 Å². The monoisotopic (exact) mass is 278 g/mol. The van der Waals surface area contributed by atoms with Crippen LogP contribution in [0.3, 0.4) is 0 Å². The fourth-order valence-corrected chi connectivity index (χ4v) is 2.61. The third-order valence-corrected chi connectivity index (χ3v) is 3.77. The Morgan fingerprint density at radius 3 is 2.65 bits per heavy atom. The first kappa shape index (κ1) is 15.4. The number of aliphatic hydroxyl groups is 1. The van der Waals surface area contributed by atoms with E-state index in [0.29, 0.717) is 6.54 Å². The molecule has 1 aliphatic rings. The molecule has 1 aromatic carbocycles. The van der Waals surface area contributed by atoms with Crippen molar-refractivity contribution in [3.8, 4) is 0 Å². The summed E-state index contributed by atoms with van der Waals surface area (Å²) in [6.45, 7) is 9.14. The minimum Gasteiger partial charge on any atom is -0.392 e. The average molecular weight is 278 g/mol. The largest absolute Gasteiger partial charge is 0.392 e. The van der Waals surface area contributed by atoms with Crippen LogP contribution in [-0.4, -0.2) is 55.5 Å². The van der Waals surface area contributed by atoms with E-state index in [0.717, 1.165) is 32.8 Å². The summed E-state index contributed by atoms with van der Waals surface area (Å²) in [6.07, 6.45) is -0.328. The van der Waals surface area contributed by atoms with E-state index in [1.807, 2.05) is 6.92 Å². The highest BCUT2D eigenvalue weighted by Gasteiger charge is 2.19. The minimum absolute atomic E-state index is 0.254. The zero-order valence-corrected chi connectivity index (χ0v) is 12.5. The molecule has 0 radical (unpaired) electrons. The second-order valence-corrected chi connectivity index (χ2v) is 5.58. The van der Waals surface area contributed by atoms with Crippen LogP contribution in [0.2, 0.25) is 0 Å². The zero-order chi connectivity index (χ0) is 14.4. The molecule has 0 aliphatic carbocycles. The molecule has 0 amide bonds. The number of aryl methyl sites for hydroxylation is 1. The number of hydrogen-bond donors (Lipinski definition) is 2. The molecule has 112 valence electrons. The summed E-state index contributed by atoms with van der Waals surface area (Å²) in [6, 6.07) is 8.73. The molecule has 0 spiro atoms. The first-order valence-electron chi connectivity index (χ1n) is 7.44. The van der Waals surface area contributed by atoms with Crippen molar-refractivity contribution >= 4 is 0 Å². The van der Waals surface area contributed by atoms with Gasteiger partial charge in [0.2, 0.25) is 0 Å². The van der Waals surface area contributed by atoms with Gasteiger partial charge in [0.05, 0.1) is 19.3 Å². The molecule has 0 bridgehead atoms. The summed E-state index contributed by atoms with van der Waals surface area (Å²) in [5.41, 5.74) is 2.61. The average Bonchev–Trinajstić information content (AvgIpc) is 2.45. The van der Waals surface area contributed by atoms with Gasteiger partial charge in [-0.05, 0) is 25.0 Å². The van der Waals surface area contributed by atoms with Crippen molar-refractivity contribution in [2.45, 2.75) is 26.0 Å². The predicted molar refractivity (Wildman–Crippen MR) is 80.9 cm³/mol. The maximum Gasteiger partial charge on any atom is 0.0636 e. The van der Waals surface area contributed by atoms with E-state index in [2.05, 4.69) is 41.4 Å². The normalized spacial score (nSPS) is 19.8. The number of ether oxygens (including phenoxy) is 1. The van der Waals surface area contributed by atoms with Crippen LogP contribution in [-0.2, 0) is 4.74 Å². The van der Waals surface area contributed by atoms with Crippen molar-refractivity contribution in [1.29, 1.82) is 0 Å². The topological polar surface area (TPSA) is 44.7 Å². The van der Waals surface area contributed by atoms with Gasteiger partial charge in [-0.2, -0.15) is 0 Å². The molecule has 2 rings (SSSR count). The second-order valence-electron chi connectivity index (χ2n) is 5.58. The summed E-state index contributed by atoms with van der Waals surface area (Å²) in [5.74, 6) is 0. The van der Waals surface area contributed by atoms with Crippen LogP contribution >= 0.6 is 0 Å². The van der Waals surface area contributed by atoms with E-state index in [-0.39, 0.29) is 12.1 Å². The van der Waals surface area contributed by atoms with Gasteiger partial charge < -0.3 is 15.2 Å². The Labute approximate surface area is 121 Å². The molecule has 0 saturated carbocycles. The molecular formula is C16H26N2O2. The van der Waals surface area contributed by atoms with Crippen molar-refractivity contribution < 1.29 is 9.84 Å². The molecule has 1 aromatic rings. The van der Waals surface area contributed by atoms with Crippen LogP contribution in [0.25, 0.3) is 0 Å². The lowest BCUT2D eigenvalue weighted by atomic mass is 10.0. The molecule has 2 N–H and O–H groups in total. The Balaban J connectivity index is 2.05. The molecule has 4 nitrogen and oxygen atoms in total. The van der Waals surface area contributed by atoms with E-state index >= 15 is 0 Å². The maximum absolute atomic E-state index is 9.53. The van der Waals surface area contributed by atoms with Crippen LogP contribution in [0, 0.1) is 6.92 Å². The molecule has 4 heteroatoms. The van der Waals surface area contributed by atoms with Crippen LogP contribution < -0.4 is 5.32 Å². The Hall–Kier alpha value is -0.940. The summed E-state index contributed by atoms with van der Waals surface area (Å²) in [5, 5.41) is 13.0. The molecule has 0 aromatic heterocycles. The Morgan fingerprint density at radius 1 is 1.30 bits per heavy atom. The van der Waals surface area contributed by atoms with E-state index in [1.165, 1.54) is 11.1 Å². The van der Waals surface area contributed by atoms with Gasteiger partial charge in [-0.3, -0.25) is 4.90 Å². The fourth-order valence-electron chi connectivity index (χ4n) is 2.61. The lowest BCUT2D eigenvalue weighted by Gasteiger charge is -2.32. The predicted octanol–water partition coefficient (Wildman–Crippen LogP) is 1.34. The van der Waals surface area contributed by atoms with Crippen LogP contribution in [0.4, 0.5) is 0 Å². The second kappa shape index (κ2) is 7.74. The molecule has 1 fully saturated rings. The Morgan fingerprint density at radius 2 is 2.00 bits per heavy atom. The zero-order valence-electron chi connectivity index (χ0n) is 12.5. The number of benzene rings is 1. The summed E-state index contributed by atoms with van der Waals surface area (Å²) < 4.78 is 5.41. The molecule has 2 atom stereocenters. The highest BCUT2D eigenvalue weighted by atomic mass is 16.5. The SMILES string of the molecule is Cc1ccccc1[C@H](CN1CCOCC1)NC[C@@H](C)O. The first-order chi connectivity index (χ1) is 9.66. The van der Waals surface area contributed by atoms with Gasteiger partial charge in [0, 0.05) is 32.2 Å². The fraction of sp³-hybridized carbons (Fsp3) is 0.625. The molecule has 0 unspecified atom stereocenters. The highest BCUT2D eigenvalue weighted by Crippen LogP contribution is 2.19. The van der Waals surface area contributed by atoms with E-state index < -0.39 is 0 Å². The molecular weight excluding hydrogens is 252 g/mol. The van der Waals surface area contributed by atoms with Gasteiger partial charge >= 0.3 is 0 Å². The number of rotatable bonds is 6.